The molecule has 1 saturated heterocycles. The first-order chi connectivity index (χ1) is 4.12. The van der Waals surface area contributed by atoms with Gasteiger partial charge in [0.2, 0.25) is 0 Å². The van der Waals surface area contributed by atoms with E-state index >= 15 is 0 Å². The Bertz CT molecular complexity index is 225. The van der Waals surface area contributed by atoms with Crippen molar-refractivity contribution in [1.82, 2.24) is 0 Å². The van der Waals surface area contributed by atoms with Crippen molar-refractivity contribution in [3.63, 3.8) is 0 Å². The van der Waals surface area contributed by atoms with Gasteiger partial charge in [0.05, 0.1) is 6.61 Å². The zero-order valence-corrected chi connectivity index (χ0v) is 5.48. The third-order valence-corrected chi connectivity index (χ3v) is 2.52. The number of hydrogen-bond acceptors (Lipinski definition) is 4. The second-order valence-electron chi connectivity index (χ2n) is 2.44. The van der Waals surface area contributed by atoms with E-state index in [0.29, 0.717) is 0 Å². The van der Waals surface area contributed by atoms with Crippen LogP contribution in [0.25, 0.3) is 0 Å². The molecule has 0 aromatic carbocycles. The zero-order chi connectivity index (χ0) is 6.54. The minimum absolute atomic E-state index is 0.218. The summed E-state index contributed by atoms with van der Waals surface area (Å²) in [5.41, 5.74) is -0.432. The first-order valence-corrected chi connectivity index (χ1v) is 4.05. The van der Waals surface area contributed by atoms with Gasteiger partial charge in [-0.2, -0.15) is 8.42 Å². The second kappa shape index (κ2) is 1.31. The summed E-state index contributed by atoms with van der Waals surface area (Å²) in [6.07, 6.45) is 1.62. The molecule has 1 spiro atoms. The molecule has 1 aliphatic heterocycles. The molecule has 5 heteroatoms. The number of rotatable bonds is 0. The highest BCUT2D eigenvalue weighted by Gasteiger charge is 2.54. The molecule has 0 aromatic rings. The lowest BCUT2D eigenvalue weighted by molar-refractivity contribution is 0.213. The van der Waals surface area contributed by atoms with Crippen LogP contribution in [0.1, 0.15) is 12.8 Å². The largest absolute Gasteiger partial charge is 0.400 e. The van der Waals surface area contributed by atoms with Crippen molar-refractivity contribution in [2.75, 3.05) is 6.61 Å². The molecule has 0 bridgehead atoms. The fourth-order valence-corrected chi connectivity index (χ4v) is 1.87. The van der Waals surface area contributed by atoms with Crippen molar-refractivity contribution >= 4 is 10.4 Å². The van der Waals surface area contributed by atoms with Gasteiger partial charge in [0.25, 0.3) is 0 Å². The molecule has 0 atom stereocenters. The van der Waals surface area contributed by atoms with Crippen LogP contribution in [-0.4, -0.2) is 20.6 Å². The Kier molecular flexibility index (Phi) is 0.818. The molecule has 2 fully saturated rings. The summed E-state index contributed by atoms with van der Waals surface area (Å²) < 4.78 is 29.8. The van der Waals surface area contributed by atoms with E-state index in [1.165, 1.54) is 0 Å². The zero-order valence-electron chi connectivity index (χ0n) is 4.66. The highest BCUT2D eigenvalue weighted by Crippen LogP contribution is 2.45. The lowest BCUT2D eigenvalue weighted by Gasteiger charge is -1.94. The fraction of sp³-hybridized carbons (Fsp3) is 1.00. The summed E-state index contributed by atoms with van der Waals surface area (Å²) in [5, 5.41) is 0. The van der Waals surface area contributed by atoms with Crippen LogP contribution in [-0.2, 0) is 18.8 Å². The standard InChI is InChI=1S/C4H6O4S/c5-9(6)7-3-4(8-9)1-2-4/h1-3H2. The molecule has 0 N–H and O–H groups in total. The summed E-state index contributed by atoms with van der Waals surface area (Å²) in [6.45, 7) is 0.218. The Labute approximate surface area is 53.1 Å². The normalized spacial score (nSPS) is 35.1. The molecular formula is C4H6O4S. The SMILES string of the molecule is O=S1(=O)OCC2(CC2)O1. The molecule has 2 aliphatic rings. The monoisotopic (exact) mass is 150 g/mol. The minimum Gasteiger partial charge on any atom is -0.245 e. The Morgan fingerprint density at radius 1 is 1.33 bits per heavy atom. The van der Waals surface area contributed by atoms with Crippen LogP contribution in [0.5, 0.6) is 0 Å². The second-order valence-corrected chi connectivity index (χ2v) is 3.66. The first kappa shape index (κ1) is 5.64. The third-order valence-electron chi connectivity index (χ3n) is 1.55. The highest BCUT2D eigenvalue weighted by molar-refractivity contribution is 7.82. The van der Waals surface area contributed by atoms with E-state index in [1.807, 2.05) is 0 Å². The van der Waals surface area contributed by atoms with E-state index in [2.05, 4.69) is 8.37 Å². The van der Waals surface area contributed by atoms with E-state index in [1.54, 1.807) is 0 Å². The van der Waals surface area contributed by atoms with E-state index in [9.17, 15) is 8.42 Å². The fourth-order valence-electron chi connectivity index (χ4n) is 0.811. The van der Waals surface area contributed by atoms with Crippen molar-refractivity contribution in [3.05, 3.63) is 0 Å². The summed E-state index contributed by atoms with van der Waals surface area (Å²) in [4.78, 5) is 0. The van der Waals surface area contributed by atoms with Gasteiger partial charge in [-0.05, 0) is 12.8 Å². The highest BCUT2D eigenvalue weighted by atomic mass is 32.3. The van der Waals surface area contributed by atoms with Gasteiger partial charge in [0.15, 0.2) is 0 Å². The van der Waals surface area contributed by atoms with Crippen molar-refractivity contribution in [3.8, 4) is 0 Å². The van der Waals surface area contributed by atoms with Crippen LogP contribution in [0.2, 0.25) is 0 Å². The molecular weight excluding hydrogens is 144 g/mol. The average molecular weight is 150 g/mol. The molecule has 1 saturated carbocycles. The van der Waals surface area contributed by atoms with Crippen LogP contribution in [0.4, 0.5) is 0 Å². The lowest BCUT2D eigenvalue weighted by atomic mass is 10.4. The molecule has 1 aliphatic carbocycles. The molecule has 0 unspecified atom stereocenters. The van der Waals surface area contributed by atoms with Crippen LogP contribution in [0.15, 0.2) is 0 Å². The molecule has 0 amide bonds. The van der Waals surface area contributed by atoms with Gasteiger partial charge in [-0.15, -0.1) is 0 Å². The molecule has 0 radical (unpaired) electrons. The molecule has 52 valence electrons. The molecule has 9 heavy (non-hydrogen) atoms. The Morgan fingerprint density at radius 2 is 2.00 bits per heavy atom. The lowest BCUT2D eigenvalue weighted by Crippen LogP contribution is -2.09. The van der Waals surface area contributed by atoms with Gasteiger partial charge in [-0.3, -0.25) is 0 Å². The predicted molar refractivity (Wildman–Crippen MR) is 27.9 cm³/mol. The van der Waals surface area contributed by atoms with Crippen LogP contribution in [0.3, 0.4) is 0 Å². The summed E-state index contributed by atoms with van der Waals surface area (Å²) >= 11 is 0. The maximum Gasteiger partial charge on any atom is 0.400 e. The summed E-state index contributed by atoms with van der Waals surface area (Å²) in [5.74, 6) is 0. The summed E-state index contributed by atoms with van der Waals surface area (Å²) in [6, 6.07) is 0. The summed E-state index contributed by atoms with van der Waals surface area (Å²) in [7, 11) is -3.59. The maximum absolute atomic E-state index is 10.4. The van der Waals surface area contributed by atoms with Crippen LogP contribution >= 0.6 is 0 Å². The van der Waals surface area contributed by atoms with E-state index in [4.69, 9.17) is 0 Å². The topological polar surface area (TPSA) is 52.6 Å². The van der Waals surface area contributed by atoms with Gasteiger partial charge in [-0.25, -0.2) is 8.37 Å². The maximum atomic E-state index is 10.4. The molecule has 1 heterocycles. The third kappa shape index (κ3) is 0.849. The smallest absolute Gasteiger partial charge is 0.245 e. The average Bonchev–Trinajstić information content (AvgIpc) is 2.36. The van der Waals surface area contributed by atoms with Crippen molar-refractivity contribution in [2.45, 2.75) is 18.4 Å². The Balaban J connectivity index is 2.27. The van der Waals surface area contributed by atoms with Gasteiger partial charge in [0.1, 0.15) is 5.60 Å². The van der Waals surface area contributed by atoms with Crippen molar-refractivity contribution < 1.29 is 16.8 Å². The molecule has 2 rings (SSSR count). The minimum atomic E-state index is -3.59. The quantitative estimate of drug-likeness (QED) is 0.480. The molecule has 4 nitrogen and oxygen atoms in total. The van der Waals surface area contributed by atoms with Gasteiger partial charge in [-0.1, -0.05) is 0 Å². The molecule has 0 aromatic heterocycles. The van der Waals surface area contributed by atoms with Gasteiger partial charge < -0.3 is 0 Å². The Hall–Kier alpha value is -0.130. The van der Waals surface area contributed by atoms with E-state index in [-0.39, 0.29) is 6.61 Å². The van der Waals surface area contributed by atoms with Gasteiger partial charge in [0, 0.05) is 0 Å². The van der Waals surface area contributed by atoms with E-state index < -0.39 is 16.0 Å². The van der Waals surface area contributed by atoms with E-state index in [0.717, 1.165) is 12.8 Å². The number of hydrogen-bond donors (Lipinski definition) is 0. The predicted octanol–water partition coefficient (Wildman–Crippen LogP) is -0.189. The van der Waals surface area contributed by atoms with Crippen molar-refractivity contribution in [1.29, 1.82) is 0 Å². The van der Waals surface area contributed by atoms with Crippen LogP contribution < -0.4 is 0 Å². The first-order valence-electron chi connectivity index (χ1n) is 2.72. The van der Waals surface area contributed by atoms with Gasteiger partial charge >= 0.3 is 10.4 Å². The van der Waals surface area contributed by atoms with Crippen LogP contribution in [0, 0.1) is 0 Å². The Morgan fingerprint density at radius 3 is 2.22 bits per heavy atom. The van der Waals surface area contributed by atoms with Crippen molar-refractivity contribution in [2.24, 2.45) is 0 Å².